The van der Waals surface area contributed by atoms with Crippen molar-refractivity contribution in [2.24, 2.45) is 0 Å². The van der Waals surface area contributed by atoms with Gasteiger partial charge in [-0.2, -0.15) is 5.10 Å². The Labute approximate surface area is 100 Å². The molecule has 0 spiro atoms. The third-order valence-corrected chi connectivity index (χ3v) is 2.92. The fourth-order valence-corrected chi connectivity index (χ4v) is 1.74. The number of nitrogens with one attached hydrogen (secondary N) is 2. The number of rotatable bonds is 4. The van der Waals surface area contributed by atoms with Gasteiger partial charge >= 0.3 is 0 Å². The van der Waals surface area contributed by atoms with E-state index in [1.807, 2.05) is 19.2 Å². The van der Waals surface area contributed by atoms with Gasteiger partial charge in [0.05, 0.1) is 6.20 Å². The minimum Gasteiger partial charge on any atom is -0.306 e. The van der Waals surface area contributed by atoms with Crippen molar-refractivity contribution in [3.05, 3.63) is 53.1 Å². The minimum atomic E-state index is -0.186. The minimum absolute atomic E-state index is 0.186. The molecule has 3 nitrogen and oxygen atoms in total. The van der Waals surface area contributed by atoms with Gasteiger partial charge in [0.1, 0.15) is 5.82 Å². The van der Waals surface area contributed by atoms with E-state index < -0.39 is 0 Å². The standard InChI is InChI=1S/C13H16FN3/c1-9-5-13(14)4-3-11(9)6-15-10(2)12-7-16-17-8-12/h3-5,7-8,10,15H,6H2,1-2H3,(H,16,17). The molecule has 0 saturated carbocycles. The molecule has 1 atom stereocenters. The molecule has 0 fully saturated rings. The molecule has 17 heavy (non-hydrogen) atoms. The van der Waals surface area contributed by atoms with Crippen LogP contribution in [0.1, 0.15) is 29.7 Å². The number of aromatic amines is 1. The summed E-state index contributed by atoms with van der Waals surface area (Å²) in [5.41, 5.74) is 3.20. The van der Waals surface area contributed by atoms with Gasteiger partial charge in [0.25, 0.3) is 0 Å². The lowest BCUT2D eigenvalue weighted by Gasteiger charge is -2.13. The highest BCUT2D eigenvalue weighted by atomic mass is 19.1. The van der Waals surface area contributed by atoms with Gasteiger partial charge < -0.3 is 5.32 Å². The molecule has 2 aromatic rings. The quantitative estimate of drug-likeness (QED) is 0.852. The van der Waals surface area contributed by atoms with Gasteiger partial charge in [0.15, 0.2) is 0 Å². The summed E-state index contributed by atoms with van der Waals surface area (Å²) in [6, 6.07) is 5.09. The lowest BCUT2D eigenvalue weighted by atomic mass is 10.1. The van der Waals surface area contributed by atoms with Crippen molar-refractivity contribution in [2.75, 3.05) is 0 Å². The molecule has 4 heteroatoms. The number of benzene rings is 1. The second kappa shape index (κ2) is 5.10. The highest BCUT2D eigenvalue weighted by Gasteiger charge is 2.06. The van der Waals surface area contributed by atoms with Crippen molar-refractivity contribution < 1.29 is 4.39 Å². The van der Waals surface area contributed by atoms with Crippen LogP contribution in [0.5, 0.6) is 0 Å². The Morgan fingerprint density at radius 2 is 2.29 bits per heavy atom. The molecular weight excluding hydrogens is 217 g/mol. The van der Waals surface area contributed by atoms with E-state index in [4.69, 9.17) is 0 Å². The Bertz CT molecular complexity index is 479. The van der Waals surface area contributed by atoms with Crippen LogP contribution in [0.15, 0.2) is 30.6 Å². The first-order valence-corrected chi connectivity index (χ1v) is 5.64. The molecule has 1 aromatic heterocycles. The molecule has 90 valence electrons. The Kier molecular flexibility index (Phi) is 3.54. The van der Waals surface area contributed by atoms with Crippen LogP contribution in [0.25, 0.3) is 0 Å². The van der Waals surface area contributed by atoms with Crippen molar-refractivity contribution >= 4 is 0 Å². The van der Waals surface area contributed by atoms with Gasteiger partial charge in [-0.15, -0.1) is 0 Å². The summed E-state index contributed by atoms with van der Waals surface area (Å²) in [5, 5.41) is 10.1. The zero-order valence-electron chi connectivity index (χ0n) is 10.00. The van der Waals surface area contributed by atoms with E-state index in [0.29, 0.717) is 0 Å². The topological polar surface area (TPSA) is 40.7 Å². The average Bonchev–Trinajstić information content (AvgIpc) is 2.81. The number of aryl methyl sites for hydroxylation is 1. The van der Waals surface area contributed by atoms with Gasteiger partial charge in [0.2, 0.25) is 0 Å². The van der Waals surface area contributed by atoms with Crippen LogP contribution in [0.3, 0.4) is 0 Å². The molecular formula is C13H16FN3. The fourth-order valence-electron chi connectivity index (χ4n) is 1.74. The van der Waals surface area contributed by atoms with Gasteiger partial charge in [0, 0.05) is 24.3 Å². The second-order valence-electron chi connectivity index (χ2n) is 4.21. The van der Waals surface area contributed by atoms with Crippen molar-refractivity contribution in [1.82, 2.24) is 15.5 Å². The largest absolute Gasteiger partial charge is 0.306 e. The second-order valence-corrected chi connectivity index (χ2v) is 4.21. The maximum Gasteiger partial charge on any atom is 0.123 e. The van der Waals surface area contributed by atoms with Crippen molar-refractivity contribution in [3.63, 3.8) is 0 Å². The van der Waals surface area contributed by atoms with Crippen LogP contribution >= 0.6 is 0 Å². The van der Waals surface area contributed by atoms with Crippen LogP contribution in [0, 0.1) is 12.7 Å². The SMILES string of the molecule is Cc1cc(F)ccc1CNC(C)c1cn[nH]c1. The van der Waals surface area contributed by atoms with E-state index >= 15 is 0 Å². The summed E-state index contributed by atoms with van der Waals surface area (Å²) in [4.78, 5) is 0. The van der Waals surface area contributed by atoms with Crippen LogP contribution in [-0.4, -0.2) is 10.2 Å². The number of halogens is 1. The molecule has 2 N–H and O–H groups in total. The fraction of sp³-hybridized carbons (Fsp3) is 0.308. The van der Waals surface area contributed by atoms with Gasteiger partial charge in [-0.25, -0.2) is 4.39 Å². The van der Waals surface area contributed by atoms with Gasteiger partial charge in [-0.05, 0) is 37.1 Å². The van der Waals surface area contributed by atoms with Gasteiger partial charge in [-0.1, -0.05) is 6.07 Å². The van der Waals surface area contributed by atoms with E-state index in [1.165, 1.54) is 6.07 Å². The lowest BCUT2D eigenvalue weighted by Crippen LogP contribution is -2.18. The molecule has 0 aliphatic carbocycles. The molecule has 1 aromatic carbocycles. The number of hydrogen-bond acceptors (Lipinski definition) is 2. The molecule has 2 rings (SSSR count). The zero-order valence-corrected chi connectivity index (χ0v) is 10.00. The molecule has 0 radical (unpaired) electrons. The Hall–Kier alpha value is -1.68. The predicted octanol–water partition coefficient (Wildman–Crippen LogP) is 2.71. The van der Waals surface area contributed by atoms with Crippen molar-refractivity contribution in [1.29, 1.82) is 0 Å². The lowest BCUT2D eigenvalue weighted by molar-refractivity contribution is 0.571. The molecule has 1 unspecified atom stereocenters. The normalized spacial score (nSPS) is 12.6. The van der Waals surface area contributed by atoms with Crippen molar-refractivity contribution in [3.8, 4) is 0 Å². The van der Waals surface area contributed by atoms with Crippen LogP contribution in [0.2, 0.25) is 0 Å². The first-order valence-electron chi connectivity index (χ1n) is 5.64. The average molecular weight is 233 g/mol. The number of aromatic nitrogens is 2. The van der Waals surface area contributed by atoms with Crippen molar-refractivity contribution in [2.45, 2.75) is 26.4 Å². The van der Waals surface area contributed by atoms with E-state index in [9.17, 15) is 4.39 Å². The Morgan fingerprint density at radius 3 is 2.94 bits per heavy atom. The Morgan fingerprint density at radius 1 is 1.47 bits per heavy atom. The summed E-state index contributed by atoms with van der Waals surface area (Å²) in [6.45, 7) is 4.71. The van der Waals surface area contributed by atoms with E-state index in [1.54, 1.807) is 12.3 Å². The first-order chi connectivity index (χ1) is 8.16. The monoisotopic (exact) mass is 233 g/mol. The summed E-state index contributed by atoms with van der Waals surface area (Å²) in [7, 11) is 0. The van der Waals surface area contributed by atoms with E-state index in [-0.39, 0.29) is 11.9 Å². The molecule has 0 amide bonds. The maximum atomic E-state index is 12.9. The summed E-state index contributed by atoms with van der Waals surface area (Å²) in [5.74, 6) is -0.186. The van der Waals surface area contributed by atoms with Crippen LogP contribution < -0.4 is 5.32 Å². The van der Waals surface area contributed by atoms with E-state index in [2.05, 4.69) is 22.4 Å². The summed E-state index contributed by atoms with van der Waals surface area (Å²) < 4.78 is 12.9. The summed E-state index contributed by atoms with van der Waals surface area (Å²) >= 11 is 0. The van der Waals surface area contributed by atoms with E-state index in [0.717, 1.165) is 23.2 Å². The number of nitrogens with zero attached hydrogens (tertiary/aromatic N) is 1. The molecule has 0 aliphatic rings. The summed E-state index contributed by atoms with van der Waals surface area (Å²) in [6.07, 6.45) is 3.67. The third kappa shape index (κ3) is 2.91. The molecule has 0 saturated heterocycles. The first kappa shape index (κ1) is 11.8. The Balaban J connectivity index is 1.98. The maximum absolute atomic E-state index is 12.9. The highest BCUT2D eigenvalue weighted by Crippen LogP contribution is 2.13. The predicted molar refractivity (Wildman–Crippen MR) is 65.0 cm³/mol. The molecule has 0 aliphatic heterocycles. The van der Waals surface area contributed by atoms with Gasteiger partial charge in [-0.3, -0.25) is 5.10 Å². The van der Waals surface area contributed by atoms with Crippen LogP contribution in [-0.2, 0) is 6.54 Å². The highest BCUT2D eigenvalue weighted by molar-refractivity contribution is 5.26. The molecule has 0 bridgehead atoms. The van der Waals surface area contributed by atoms with Crippen LogP contribution in [0.4, 0.5) is 4.39 Å². The molecule has 1 heterocycles. The third-order valence-electron chi connectivity index (χ3n) is 2.92. The number of hydrogen-bond donors (Lipinski definition) is 2. The number of H-pyrrole nitrogens is 1. The smallest absolute Gasteiger partial charge is 0.123 e. The zero-order chi connectivity index (χ0) is 12.3.